The van der Waals surface area contributed by atoms with Gasteiger partial charge in [-0.2, -0.15) is 0 Å². The predicted octanol–water partition coefficient (Wildman–Crippen LogP) is 3.09. The van der Waals surface area contributed by atoms with Crippen LogP contribution in [0.5, 0.6) is 0 Å². The van der Waals surface area contributed by atoms with Gasteiger partial charge in [0.25, 0.3) is 0 Å². The zero-order chi connectivity index (χ0) is 12.5. The standard InChI is InChI=1S/C14H24O3/c1-3-9-17-14-7-5-12(6-8-14)13(10-15)11-16-4-2/h10-12,14H,3-9H2,1-2H3. The van der Waals surface area contributed by atoms with Crippen molar-refractivity contribution in [2.24, 2.45) is 5.92 Å². The molecule has 17 heavy (non-hydrogen) atoms. The van der Waals surface area contributed by atoms with Crippen LogP contribution in [-0.2, 0) is 14.3 Å². The van der Waals surface area contributed by atoms with Gasteiger partial charge in [0.2, 0.25) is 0 Å². The molecule has 0 unspecified atom stereocenters. The molecule has 1 rings (SSSR count). The van der Waals surface area contributed by atoms with Crippen LogP contribution in [0.25, 0.3) is 0 Å². The number of carbonyl (C=O) groups excluding carboxylic acids is 1. The van der Waals surface area contributed by atoms with Gasteiger partial charge in [-0.3, -0.25) is 4.79 Å². The van der Waals surface area contributed by atoms with Crippen LogP contribution >= 0.6 is 0 Å². The lowest BCUT2D eigenvalue weighted by Gasteiger charge is -2.28. The largest absolute Gasteiger partial charge is 0.501 e. The van der Waals surface area contributed by atoms with E-state index in [-0.39, 0.29) is 0 Å². The zero-order valence-corrected chi connectivity index (χ0v) is 11.0. The second-order valence-corrected chi connectivity index (χ2v) is 4.54. The van der Waals surface area contributed by atoms with Crippen molar-refractivity contribution in [1.82, 2.24) is 0 Å². The monoisotopic (exact) mass is 240 g/mol. The number of hydrogen-bond acceptors (Lipinski definition) is 3. The highest BCUT2D eigenvalue weighted by Crippen LogP contribution is 2.30. The summed E-state index contributed by atoms with van der Waals surface area (Å²) in [5.74, 6) is 0.362. The van der Waals surface area contributed by atoms with Crippen molar-refractivity contribution in [1.29, 1.82) is 0 Å². The fraction of sp³-hybridized carbons (Fsp3) is 0.786. The summed E-state index contributed by atoms with van der Waals surface area (Å²) in [6.07, 6.45) is 8.22. The van der Waals surface area contributed by atoms with Gasteiger partial charge in [0.1, 0.15) is 6.29 Å². The molecule has 0 spiro atoms. The van der Waals surface area contributed by atoms with E-state index in [1.54, 1.807) is 6.26 Å². The van der Waals surface area contributed by atoms with Crippen molar-refractivity contribution in [2.45, 2.75) is 52.1 Å². The third-order valence-electron chi connectivity index (χ3n) is 3.23. The summed E-state index contributed by atoms with van der Waals surface area (Å²) >= 11 is 0. The minimum absolute atomic E-state index is 0.362. The van der Waals surface area contributed by atoms with Gasteiger partial charge in [-0.15, -0.1) is 0 Å². The number of rotatable bonds is 7. The van der Waals surface area contributed by atoms with Crippen LogP contribution in [0.15, 0.2) is 11.8 Å². The van der Waals surface area contributed by atoms with E-state index in [0.717, 1.165) is 50.6 Å². The molecule has 0 N–H and O–H groups in total. The van der Waals surface area contributed by atoms with E-state index < -0.39 is 0 Å². The maximum Gasteiger partial charge on any atom is 0.149 e. The lowest BCUT2D eigenvalue weighted by Crippen LogP contribution is -2.23. The van der Waals surface area contributed by atoms with E-state index in [2.05, 4.69) is 6.92 Å². The molecule has 1 saturated carbocycles. The van der Waals surface area contributed by atoms with Gasteiger partial charge in [0.05, 0.1) is 19.0 Å². The molecule has 0 saturated heterocycles. The van der Waals surface area contributed by atoms with Crippen LogP contribution in [0.1, 0.15) is 46.0 Å². The fourth-order valence-electron chi connectivity index (χ4n) is 2.25. The van der Waals surface area contributed by atoms with Crippen LogP contribution in [0.4, 0.5) is 0 Å². The quantitative estimate of drug-likeness (QED) is 0.390. The number of carbonyl (C=O) groups is 1. The molecule has 3 heteroatoms. The molecule has 0 radical (unpaired) electrons. The average Bonchev–Trinajstić information content (AvgIpc) is 2.38. The molecule has 0 amide bonds. The normalized spacial score (nSPS) is 25.6. The first kappa shape index (κ1) is 14.2. The lowest BCUT2D eigenvalue weighted by molar-refractivity contribution is -0.105. The molecule has 0 aromatic carbocycles. The second-order valence-electron chi connectivity index (χ2n) is 4.54. The number of hydrogen-bond donors (Lipinski definition) is 0. The van der Waals surface area contributed by atoms with E-state index in [1.807, 2.05) is 6.92 Å². The third-order valence-corrected chi connectivity index (χ3v) is 3.23. The molecular weight excluding hydrogens is 216 g/mol. The molecule has 0 heterocycles. The Morgan fingerprint density at radius 3 is 2.47 bits per heavy atom. The topological polar surface area (TPSA) is 35.5 Å². The van der Waals surface area contributed by atoms with E-state index in [4.69, 9.17) is 9.47 Å². The van der Waals surface area contributed by atoms with Crippen LogP contribution in [0.2, 0.25) is 0 Å². The molecule has 0 atom stereocenters. The zero-order valence-electron chi connectivity index (χ0n) is 11.0. The molecule has 98 valence electrons. The van der Waals surface area contributed by atoms with Crippen LogP contribution in [0.3, 0.4) is 0 Å². The van der Waals surface area contributed by atoms with Crippen LogP contribution in [0, 0.1) is 5.92 Å². The van der Waals surface area contributed by atoms with Crippen molar-refractivity contribution in [2.75, 3.05) is 13.2 Å². The molecule has 1 aliphatic rings. The Bertz CT molecular complexity index is 240. The van der Waals surface area contributed by atoms with Gasteiger partial charge >= 0.3 is 0 Å². The average molecular weight is 240 g/mol. The van der Waals surface area contributed by atoms with E-state index >= 15 is 0 Å². The molecule has 0 aromatic rings. The number of allylic oxidation sites excluding steroid dienone is 1. The SMILES string of the molecule is CCCOC1CCC(C(C=O)=COCC)CC1. The fourth-order valence-corrected chi connectivity index (χ4v) is 2.25. The van der Waals surface area contributed by atoms with E-state index in [9.17, 15) is 4.79 Å². The van der Waals surface area contributed by atoms with E-state index in [1.165, 1.54) is 0 Å². The van der Waals surface area contributed by atoms with Gasteiger partial charge in [0.15, 0.2) is 0 Å². The molecule has 0 aromatic heterocycles. The predicted molar refractivity (Wildman–Crippen MR) is 67.8 cm³/mol. The Hall–Kier alpha value is -0.830. The summed E-state index contributed by atoms with van der Waals surface area (Å²) < 4.78 is 10.9. The highest BCUT2D eigenvalue weighted by atomic mass is 16.5. The van der Waals surface area contributed by atoms with Crippen LogP contribution in [-0.4, -0.2) is 25.6 Å². The Morgan fingerprint density at radius 1 is 1.24 bits per heavy atom. The molecule has 3 nitrogen and oxygen atoms in total. The third kappa shape index (κ3) is 4.90. The first-order valence-corrected chi connectivity index (χ1v) is 6.70. The van der Waals surface area contributed by atoms with Gasteiger partial charge < -0.3 is 9.47 Å². The molecular formula is C14H24O3. The Labute approximate surface area is 104 Å². The summed E-state index contributed by atoms with van der Waals surface area (Å²) in [7, 11) is 0. The van der Waals surface area contributed by atoms with Crippen molar-refractivity contribution in [3.05, 3.63) is 11.8 Å². The number of aldehydes is 1. The highest BCUT2D eigenvalue weighted by molar-refractivity contribution is 5.73. The van der Waals surface area contributed by atoms with Gasteiger partial charge in [0, 0.05) is 12.2 Å². The highest BCUT2D eigenvalue weighted by Gasteiger charge is 2.24. The Balaban J connectivity index is 2.36. The summed E-state index contributed by atoms with van der Waals surface area (Å²) in [5.41, 5.74) is 0.806. The smallest absolute Gasteiger partial charge is 0.149 e. The first-order chi connectivity index (χ1) is 8.31. The molecule has 0 aliphatic heterocycles. The summed E-state index contributed by atoms with van der Waals surface area (Å²) in [5, 5.41) is 0. The van der Waals surface area contributed by atoms with Gasteiger partial charge in [-0.05, 0) is 44.9 Å². The number of ether oxygens (including phenoxy) is 2. The minimum atomic E-state index is 0.362. The summed E-state index contributed by atoms with van der Waals surface area (Å²) in [4.78, 5) is 11.0. The first-order valence-electron chi connectivity index (χ1n) is 6.70. The molecule has 1 fully saturated rings. The summed E-state index contributed by atoms with van der Waals surface area (Å²) in [6.45, 7) is 5.52. The van der Waals surface area contributed by atoms with Gasteiger partial charge in [-0.25, -0.2) is 0 Å². The van der Waals surface area contributed by atoms with Crippen molar-refractivity contribution >= 4 is 6.29 Å². The van der Waals surface area contributed by atoms with Crippen molar-refractivity contribution < 1.29 is 14.3 Å². The summed E-state index contributed by atoms with van der Waals surface area (Å²) in [6, 6.07) is 0. The maximum atomic E-state index is 11.0. The van der Waals surface area contributed by atoms with E-state index in [0.29, 0.717) is 18.6 Å². The second kappa shape index (κ2) is 8.29. The minimum Gasteiger partial charge on any atom is -0.501 e. The lowest BCUT2D eigenvalue weighted by atomic mass is 9.83. The Kier molecular flexibility index (Phi) is 6.94. The van der Waals surface area contributed by atoms with Crippen molar-refractivity contribution in [3.63, 3.8) is 0 Å². The maximum absolute atomic E-state index is 11.0. The van der Waals surface area contributed by atoms with Crippen LogP contribution < -0.4 is 0 Å². The Morgan fingerprint density at radius 2 is 1.94 bits per heavy atom. The molecule has 0 bridgehead atoms. The molecule has 1 aliphatic carbocycles. The van der Waals surface area contributed by atoms with Gasteiger partial charge in [-0.1, -0.05) is 6.92 Å². The van der Waals surface area contributed by atoms with Crippen molar-refractivity contribution in [3.8, 4) is 0 Å².